The van der Waals surface area contributed by atoms with Crippen molar-refractivity contribution in [1.29, 1.82) is 0 Å². The first-order chi connectivity index (χ1) is 13.0. The van der Waals surface area contributed by atoms with Gasteiger partial charge in [-0.1, -0.05) is 42.5 Å². The largest absolute Gasteiger partial charge is 0.497 e. The third kappa shape index (κ3) is 5.53. The maximum absolute atomic E-state index is 6.48. The van der Waals surface area contributed by atoms with Gasteiger partial charge in [0.1, 0.15) is 18.0 Å². The van der Waals surface area contributed by atoms with E-state index in [9.17, 15) is 0 Å². The first-order valence-corrected chi connectivity index (χ1v) is 9.33. The third-order valence-corrected chi connectivity index (χ3v) is 4.67. The van der Waals surface area contributed by atoms with Crippen molar-refractivity contribution in [1.82, 2.24) is 0 Å². The lowest BCUT2D eigenvalue weighted by Gasteiger charge is -2.23. The van der Waals surface area contributed by atoms with Crippen molar-refractivity contribution in [2.75, 3.05) is 13.7 Å². The van der Waals surface area contributed by atoms with Gasteiger partial charge >= 0.3 is 0 Å². The van der Waals surface area contributed by atoms with E-state index in [0.717, 1.165) is 16.9 Å². The first kappa shape index (κ1) is 19.8. The van der Waals surface area contributed by atoms with Crippen molar-refractivity contribution in [2.24, 2.45) is 5.73 Å². The van der Waals surface area contributed by atoms with Gasteiger partial charge in [0.15, 0.2) is 5.79 Å². The molecule has 5 heteroatoms. The minimum absolute atomic E-state index is 0.189. The number of ether oxygens (including phenoxy) is 4. The van der Waals surface area contributed by atoms with Crippen LogP contribution in [0.3, 0.4) is 0 Å². The molecule has 0 amide bonds. The SMILES string of the molecule is COc1ccc(C[C@H](N)[C@H]2OC(C)(C)O[C@@H]2COCc2ccccc2)cc1. The Bertz CT molecular complexity index is 702. The molecule has 1 aliphatic rings. The van der Waals surface area contributed by atoms with Crippen LogP contribution in [0.1, 0.15) is 25.0 Å². The average Bonchev–Trinajstić information content (AvgIpc) is 2.98. The zero-order valence-corrected chi connectivity index (χ0v) is 16.3. The molecule has 27 heavy (non-hydrogen) atoms. The van der Waals surface area contributed by atoms with Crippen LogP contribution < -0.4 is 10.5 Å². The van der Waals surface area contributed by atoms with Gasteiger partial charge in [0.05, 0.1) is 20.3 Å². The average molecular weight is 371 g/mol. The molecular weight excluding hydrogens is 342 g/mol. The van der Waals surface area contributed by atoms with Crippen LogP contribution in [0, 0.1) is 0 Å². The van der Waals surface area contributed by atoms with Gasteiger partial charge in [-0.05, 0) is 43.5 Å². The second-order valence-electron chi connectivity index (χ2n) is 7.36. The molecule has 2 aromatic carbocycles. The lowest BCUT2D eigenvalue weighted by atomic mass is 9.99. The Hall–Kier alpha value is -1.92. The normalized spacial score (nSPS) is 22.5. The van der Waals surface area contributed by atoms with Gasteiger partial charge in [-0.25, -0.2) is 0 Å². The topological polar surface area (TPSA) is 62.9 Å². The summed E-state index contributed by atoms with van der Waals surface area (Å²) in [5, 5.41) is 0. The molecule has 5 nitrogen and oxygen atoms in total. The molecule has 0 saturated carbocycles. The van der Waals surface area contributed by atoms with Gasteiger partial charge in [0.25, 0.3) is 0 Å². The summed E-state index contributed by atoms with van der Waals surface area (Å²) in [5.74, 6) is 0.171. The molecule has 1 heterocycles. The maximum Gasteiger partial charge on any atom is 0.163 e. The Kier molecular flexibility index (Phi) is 6.50. The van der Waals surface area contributed by atoms with E-state index in [1.165, 1.54) is 0 Å². The van der Waals surface area contributed by atoms with Crippen molar-refractivity contribution in [3.8, 4) is 5.75 Å². The molecule has 0 spiro atoms. The van der Waals surface area contributed by atoms with E-state index in [2.05, 4.69) is 0 Å². The van der Waals surface area contributed by atoms with Crippen molar-refractivity contribution in [3.63, 3.8) is 0 Å². The van der Waals surface area contributed by atoms with Crippen LogP contribution in [0.5, 0.6) is 5.75 Å². The standard InChI is InChI=1S/C22H29NO4/c1-22(2)26-20(15-25-14-17-7-5-4-6-8-17)21(27-22)19(23)13-16-9-11-18(24-3)12-10-16/h4-12,19-21H,13-15,23H2,1-3H3/t19-,20+,21+/m0/s1. The maximum atomic E-state index is 6.48. The van der Waals surface area contributed by atoms with E-state index in [-0.39, 0.29) is 18.2 Å². The number of methoxy groups -OCH3 is 1. The number of rotatable bonds is 8. The molecule has 1 fully saturated rings. The number of benzene rings is 2. The van der Waals surface area contributed by atoms with Gasteiger partial charge in [-0.2, -0.15) is 0 Å². The molecule has 3 atom stereocenters. The highest BCUT2D eigenvalue weighted by Crippen LogP contribution is 2.31. The Balaban J connectivity index is 1.58. The van der Waals surface area contributed by atoms with Gasteiger partial charge in [-0.15, -0.1) is 0 Å². The molecule has 3 rings (SSSR count). The lowest BCUT2D eigenvalue weighted by Crippen LogP contribution is -2.44. The molecule has 0 aliphatic carbocycles. The van der Waals surface area contributed by atoms with Gasteiger partial charge in [-0.3, -0.25) is 0 Å². The Morgan fingerprint density at radius 2 is 1.70 bits per heavy atom. The lowest BCUT2D eigenvalue weighted by molar-refractivity contribution is -0.152. The second kappa shape index (κ2) is 8.85. The summed E-state index contributed by atoms with van der Waals surface area (Å²) in [6.07, 6.45) is 0.276. The monoisotopic (exact) mass is 371 g/mol. The van der Waals surface area contributed by atoms with Gasteiger partial charge < -0.3 is 24.7 Å². The summed E-state index contributed by atoms with van der Waals surface area (Å²) in [6, 6.07) is 17.8. The van der Waals surface area contributed by atoms with Crippen molar-refractivity contribution in [3.05, 3.63) is 65.7 Å². The minimum atomic E-state index is -0.664. The molecule has 0 bridgehead atoms. The predicted octanol–water partition coefficient (Wildman–Crippen LogP) is 3.30. The minimum Gasteiger partial charge on any atom is -0.497 e. The fourth-order valence-electron chi connectivity index (χ4n) is 3.37. The van der Waals surface area contributed by atoms with E-state index in [4.69, 9.17) is 24.7 Å². The van der Waals surface area contributed by atoms with Crippen molar-refractivity contribution < 1.29 is 18.9 Å². The van der Waals surface area contributed by atoms with Crippen LogP contribution in [0.4, 0.5) is 0 Å². The molecule has 1 saturated heterocycles. The first-order valence-electron chi connectivity index (χ1n) is 9.33. The van der Waals surface area contributed by atoms with E-state index in [1.54, 1.807) is 7.11 Å². The number of hydrogen-bond donors (Lipinski definition) is 1. The number of hydrogen-bond acceptors (Lipinski definition) is 5. The summed E-state index contributed by atoms with van der Waals surface area (Å²) >= 11 is 0. The molecule has 0 unspecified atom stereocenters. The highest BCUT2D eigenvalue weighted by atomic mass is 16.8. The van der Waals surface area contributed by atoms with Crippen LogP contribution in [0.2, 0.25) is 0 Å². The fourth-order valence-corrected chi connectivity index (χ4v) is 3.37. The predicted molar refractivity (Wildman–Crippen MR) is 105 cm³/mol. The Morgan fingerprint density at radius 1 is 1.00 bits per heavy atom. The summed E-state index contributed by atoms with van der Waals surface area (Å²) < 4.78 is 23.2. The highest BCUT2D eigenvalue weighted by Gasteiger charge is 2.44. The van der Waals surface area contributed by atoms with Crippen LogP contribution in [0.15, 0.2) is 54.6 Å². The second-order valence-corrected chi connectivity index (χ2v) is 7.36. The van der Waals surface area contributed by atoms with Crippen molar-refractivity contribution in [2.45, 2.75) is 50.9 Å². The van der Waals surface area contributed by atoms with E-state index in [0.29, 0.717) is 19.6 Å². The van der Waals surface area contributed by atoms with Crippen LogP contribution in [-0.2, 0) is 27.2 Å². The molecule has 0 aromatic heterocycles. The zero-order valence-electron chi connectivity index (χ0n) is 16.3. The molecule has 2 aromatic rings. The van der Waals surface area contributed by atoms with Gasteiger partial charge in [0, 0.05) is 6.04 Å². The molecule has 2 N–H and O–H groups in total. The van der Waals surface area contributed by atoms with E-state index in [1.807, 2.05) is 68.4 Å². The van der Waals surface area contributed by atoms with E-state index < -0.39 is 5.79 Å². The van der Waals surface area contributed by atoms with Gasteiger partial charge in [0.2, 0.25) is 0 Å². The Morgan fingerprint density at radius 3 is 2.37 bits per heavy atom. The number of nitrogens with two attached hydrogens (primary N) is 1. The van der Waals surface area contributed by atoms with Crippen LogP contribution in [0.25, 0.3) is 0 Å². The highest BCUT2D eigenvalue weighted by molar-refractivity contribution is 5.27. The quantitative estimate of drug-likeness (QED) is 0.771. The summed E-state index contributed by atoms with van der Waals surface area (Å²) in [7, 11) is 1.66. The van der Waals surface area contributed by atoms with Crippen molar-refractivity contribution >= 4 is 0 Å². The molecular formula is C22H29NO4. The molecule has 146 valence electrons. The smallest absolute Gasteiger partial charge is 0.163 e. The summed E-state index contributed by atoms with van der Waals surface area (Å²) in [4.78, 5) is 0. The fraction of sp³-hybridized carbons (Fsp3) is 0.455. The van der Waals surface area contributed by atoms with Crippen LogP contribution in [-0.4, -0.2) is 37.8 Å². The molecule has 1 aliphatic heterocycles. The van der Waals surface area contributed by atoms with Crippen LogP contribution >= 0.6 is 0 Å². The third-order valence-electron chi connectivity index (χ3n) is 4.67. The molecule has 0 radical (unpaired) electrons. The Labute approximate surface area is 161 Å². The van der Waals surface area contributed by atoms with E-state index >= 15 is 0 Å². The summed E-state index contributed by atoms with van der Waals surface area (Å²) in [5.41, 5.74) is 8.76. The zero-order chi connectivity index (χ0) is 19.3. The summed E-state index contributed by atoms with van der Waals surface area (Å²) in [6.45, 7) is 4.81.